The van der Waals surface area contributed by atoms with Crippen molar-refractivity contribution in [3.8, 4) is 0 Å². The number of alkyl carbamates (subject to hydrolysis) is 1. The number of hydrogen-bond acceptors (Lipinski definition) is 5. The first-order valence-electron chi connectivity index (χ1n) is 8.77. The van der Waals surface area contributed by atoms with Crippen molar-refractivity contribution >= 4 is 18.0 Å². The second-order valence-corrected chi connectivity index (χ2v) is 7.66. The molecule has 2 amide bonds. The number of benzene rings is 1. The van der Waals surface area contributed by atoms with Crippen LogP contribution < -0.4 is 5.32 Å². The van der Waals surface area contributed by atoms with Crippen molar-refractivity contribution in [2.24, 2.45) is 0 Å². The lowest BCUT2D eigenvalue weighted by molar-refractivity contribution is -0.153. The van der Waals surface area contributed by atoms with Crippen LogP contribution in [0.3, 0.4) is 0 Å². The Bertz CT molecular complexity index is 725. The van der Waals surface area contributed by atoms with Crippen molar-refractivity contribution in [2.75, 3.05) is 0 Å². The summed E-state index contributed by atoms with van der Waals surface area (Å²) in [7, 11) is 0. The van der Waals surface area contributed by atoms with Crippen LogP contribution in [0.1, 0.15) is 38.8 Å². The van der Waals surface area contributed by atoms with E-state index in [2.05, 4.69) is 5.32 Å². The van der Waals surface area contributed by atoms with Gasteiger partial charge in [0.25, 0.3) is 0 Å². The Kier molecular flexibility index (Phi) is 6.10. The summed E-state index contributed by atoms with van der Waals surface area (Å²) in [6.45, 7) is 6.47. The SMILES string of the molecule is C[C@@H](O)[C@H](NC(=O)OC(C)(C)C)C(=O)N1Cc2ccccc2C[C@H]1C(=O)O. The Morgan fingerprint density at radius 2 is 1.81 bits per heavy atom. The Hall–Kier alpha value is -2.61. The van der Waals surface area contributed by atoms with Gasteiger partial charge in [-0.25, -0.2) is 9.59 Å². The van der Waals surface area contributed by atoms with E-state index in [1.54, 1.807) is 20.8 Å². The van der Waals surface area contributed by atoms with Gasteiger partial charge in [-0.2, -0.15) is 0 Å². The number of ether oxygens (including phenoxy) is 1. The van der Waals surface area contributed by atoms with Crippen molar-refractivity contribution in [3.63, 3.8) is 0 Å². The smallest absolute Gasteiger partial charge is 0.408 e. The topological polar surface area (TPSA) is 116 Å². The van der Waals surface area contributed by atoms with Crippen LogP contribution in [0, 0.1) is 0 Å². The van der Waals surface area contributed by atoms with E-state index in [1.165, 1.54) is 11.8 Å². The van der Waals surface area contributed by atoms with Crippen LogP contribution in [0.25, 0.3) is 0 Å². The Morgan fingerprint density at radius 3 is 2.33 bits per heavy atom. The maximum Gasteiger partial charge on any atom is 0.408 e. The largest absolute Gasteiger partial charge is 0.480 e. The molecule has 1 aliphatic heterocycles. The molecule has 0 bridgehead atoms. The number of aliphatic hydroxyl groups excluding tert-OH is 1. The van der Waals surface area contributed by atoms with E-state index in [1.807, 2.05) is 24.3 Å². The Labute approximate surface area is 158 Å². The molecule has 0 spiro atoms. The van der Waals surface area contributed by atoms with Gasteiger partial charge in [0.05, 0.1) is 6.10 Å². The van der Waals surface area contributed by atoms with Crippen molar-refractivity contribution < 1.29 is 29.3 Å². The van der Waals surface area contributed by atoms with Gasteiger partial charge in [0, 0.05) is 13.0 Å². The predicted molar refractivity (Wildman–Crippen MR) is 97.0 cm³/mol. The van der Waals surface area contributed by atoms with Gasteiger partial charge >= 0.3 is 12.1 Å². The van der Waals surface area contributed by atoms with Crippen LogP contribution in [0.15, 0.2) is 24.3 Å². The number of aliphatic carboxylic acids is 1. The monoisotopic (exact) mass is 378 g/mol. The molecular formula is C19H26N2O6. The zero-order valence-electron chi connectivity index (χ0n) is 15.9. The number of nitrogens with zero attached hydrogens (tertiary/aromatic N) is 1. The normalized spacial score (nSPS) is 18.9. The first-order chi connectivity index (χ1) is 12.5. The number of nitrogens with one attached hydrogen (secondary N) is 1. The molecule has 1 aromatic carbocycles. The first kappa shape index (κ1) is 20.7. The summed E-state index contributed by atoms with van der Waals surface area (Å²) in [4.78, 5) is 37.9. The van der Waals surface area contributed by atoms with E-state index in [9.17, 15) is 24.6 Å². The number of aliphatic hydroxyl groups is 1. The maximum atomic E-state index is 13.0. The van der Waals surface area contributed by atoms with Crippen LogP contribution >= 0.6 is 0 Å². The predicted octanol–water partition coefficient (Wildman–Crippen LogP) is 1.30. The highest BCUT2D eigenvalue weighted by Crippen LogP contribution is 2.24. The third kappa shape index (κ3) is 5.19. The van der Waals surface area contributed by atoms with Gasteiger partial charge in [-0.15, -0.1) is 0 Å². The minimum Gasteiger partial charge on any atom is -0.480 e. The minimum absolute atomic E-state index is 0.0885. The van der Waals surface area contributed by atoms with E-state index < -0.39 is 41.8 Å². The van der Waals surface area contributed by atoms with Crippen LogP contribution in [0.4, 0.5) is 4.79 Å². The number of carboxylic acids is 1. The fourth-order valence-corrected chi connectivity index (χ4v) is 2.98. The molecule has 1 heterocycles. The standard InChI is InChI=1S/C19H26N2O6/c1-11(22)15(20-18(26)27-19(2,3)4)16(23)21-10-13-8-6-5-7-12(13)9-14(21)17(24)25/h5-8,11,14-15,22H,9-10H2,1-4H3,(H,20,26)(H,24,25)/t11-,14+,15+/m1/s1. The van der Waals surface area contributed by atoms with Gasteiger partial charge in [-0.3, -0.25) is 4.79 Å². The fraction of sp³-hybridized carbons (Fsp3) is 0.526. The average molecular weight is 378 g/mol. The minimum atomic E-state index is -1.31. The molecule has 8 nitrogen and oxygen atoms in total. The van der Waals surface area contributed by atoms with E-state index in [0.717, 1.165) is 11.1 Å². The average Bonchev–Trinajstić information content (AvgIpc) is 2.56. The first-order valence-corrected chi connectivity index (χ1v) is 8.77. The molecule has 2 rings (SSSR count). The molecule has 0 unspecified atom stereocenters. The van der Waals surface area contributed by atoms with Crippen molar-refractivity contribution in [3.05, 3.63) is 35.4 Å². The van der Waals surface area contributed by atoms with Crippen LogP contribution in [-0.2, 0) is 27.3 Å². The third-order valence-corrected chi connectivity index (χ3v) is 4.24. The number of rotatable bonds is 4. The van der Waals surface area contributed by atoms with E-state index in [4.69, 9.17) is 4.74 Å². The molecule has 0 saturated heterocycles. The van der Waals surface area contributed by atoms with E-state index in [-0.39, 0.29) is 13.0 Å². The molecule has 27 heavy (non-hydrogen) atoms. The summed E-state index contributed by atoms with van der Waals surface area (Å²) in [5, 5.41) is 21.9. The second kappa shape index (κ2) is 7.96. The van der Waals surface area contributed by atoms with Crippen LogP contribution in [0.2, 0.25) is 0 Å². The van der Waals surface area contributed by atoms with Gasteiger partial charge in [-0.1, -0.05) is 24.3 Å². The van der Waals surface area contributed by atoms with E-state index in [0.29, 0.717) is 0 Å². The molecule has 148 valence electrons. The van der Waals surface area contributed by atoms with Gasteiger partial charge < -0.3 is 25.2 Å². The number of carbonyl (C=O) groups is 3. The molecule has 1 aromatic rings. The molecule has 8 heteroatoms. The zero-order valence-corrected chi connectivity index (χ0v) is 15.9. The zero-order chi connectivity index (χ0) is 20.4. The van der Waals surface area contributed by atoms with Crippen molar-refractivity contribution in [2.45, 2.75) is 64.4 Å². The molecule has 0 aromatic heterocycles. The number of hydrogen-bond donors (Lipinski definition) is 3. The molecule has 0 saturated carbocycles. The molecule has 3 N–H and O–H groups in total. The summed E-state index contributed by atoms with van der Waals surface area (Å²) < 4.78 is 5.14. The second-order valence-electron chi connectivity index (χ2n) is 7.66. The molecule has 0 radical (unpaired) electrons. The summed E-state index contributed by atoms with van der Waals surface area (Å²) in [5.41, 5.74) is 0.928. The van der Waals surface area contributed by atoms with E-state index >= 15 is 0 Å². The molecule has 3 atom stereocenters. The van der Waals surface area contributed by atoms with Crippen molar-refractivity contribution in [1.82, 2.24) is 10.2 Å². The maximum absolute atomic E-state index is 13.0. The number of carbonyl (C=O) groups excluding carboxylic acids is 2. The number of amides is 2. The highest BCUT2D eigenvalue weighted by atomic mass is 16.6. The summed E-state index contributed by atoms with van der Waals surface area (Å²) in [6, 6.07) is 4.90. The van der Waals surface area contributed by atoms with Gasteiger partial charge in [0.2, 0.25) is 5.91 Å². The lowest BCUT2D eigenvalue weighted by Gasteiger charge is -2.37. The highest BCUT2D eigenvalue weighted by Gasteiger charge is 2.39. The van der Waals surface area contributed by atoms with Gasteiger partial charge in [0.1, 0.15) is 17.7 Å². The quantitative estimate of drug-likeness (QED) is 0.727. The summed E-state index contributed by atoms with van der Waals surface area (Å²) in [5.74, 6) is -1.81. The molecular weight excluding hydrogens is 352 g/mol. The number of fused-ring (bicyclic) bond motifs is 1. The van der Waals surface area contributed by atoms with Gasteiger partial charge in [-0.05, 0) is 38.8 Å². The highest BCUT2D eigenvalue weighted by molar-refractivity contribution is 5.90. The van der Waals surface area contributed by atoms with Crippen LogP contribution in [-0.4, -0.2) is 56.9 Å². The van der Waals surface area contributed by atoms with Crippen LogP contribution in [0.5, 0.6) is 0 Å². The Balaban J connectivity index is 2.25. The summed E-state index contributed by atoms with van der Waals surface area (Å²) in [6.07, 6.45) is -1.92. The molecule has 0 aliphatic carbocycles. The third-order valence-electron chi connectivity index (χ3n) is 4.24. The number of carboxylic acid groups (broad SMARTS) is 1. The molecule has 0 fully saturated rings. The molecule has 1 aliphatic rings. The summed E-state index contributed by atoms with van der Waals surface area (Å²) >= 11 is 0. The van der Waals surface area contributed by atoms with Gasteiger partial charge in [0.15, 0.2) is 0 Å². The Morgan fingerprint density at radius 1 is 1.22 bits per heavy atom. The lowest BCUT2D eigenvalue weighted by atomic mass is 9.93. The van der Waals surface area contributed by atoms with Crippen molar-refractivity contribution in [1.29, 1.82) is 0 Å². The lowest BCUT2D eigenvalue weighted by Crippen LogP contribution is -2.59. The fourth-order valence-electron chi connectivity index (χ4n) is 2.98.